The third-order valence-electron chi connectivity index (χ3n) is 2.74. The lowest BCUT2D eigenvalue weighted by Crippen LogP contribution is -1.90. The highest BCUT2D eigenvalue weighted by Gasteiger charge is 2.21. The van der Waals surface area contributed by atoms with E-state index in [0.29, 0.717) is 5.56 Å². The Morgan fingerprint density at radius 2 is 1.85 bits per heavy atom. The van der Waals surface area contributed by atoms with Crippen LogP contribution in [0, 0.1) is 11.6 Å². The van der Waals surface area contributed by atoms with E-state index in [2.05, 4.69) is 5.16 Å². The maximum absolute atomic E-state index is 13.3. The highest BCUT2D eigenvalue weighted by molar-refractivity contribution is 6.31. The van der Waals surface area contributed by atoms with Gasteiger partial charge in [-0.1, -0.05) is 5.16 Å². The summed E-state index contributed by atoms with van der Waals surface area (Å²) < 4.78 is 36.5. The number of nitrogens with zero attached hydrogens (tertiary/aromatic N) is 1. The Bertz CT molecular complexity index is 762. The zero-order valence-corrected chi connectivity index (χ0v) is 10.6. The molecule has 3 rings (SSSR count). The van der Waals surface area contributed by atoms with Crippen LogP contribution in [-0.4, -0.2) is 5.16 Å². The Labute approximate surface area is 116 Å². The minimum absolute atomic E-state index is 0.0673. The number of anilines is 1. The molecule has 0 radical (unpaired) electrons. The lowest BCUT2D eigenvalue weighted by Gasteiger charge is -2.02. The van der Waals surface area contributed by atoms with Gasteiger partial charge in [-0.15, -0.1) is 0 Å². The van der Waals surface area contributed by atoms with Crippen molar-refractivity contribution in [3.63, 3.8) is 0 Å². The van der Waals surface area contributed by atoms with Crippen LogP contribution in [0.1, 0.15) is 0 Å². The van der Waals surface area contributed by atoms with Crippen LogP contribution < -0.4 is 5.73 Å². The minimum Gasteiger partial charge on any atom is -0.452 e. The van der Waals surface area contributed by atoms with Gasteiger partial charge in [-0.05, 0) is 35.4 Å². The molecule has 4 nitrogen and oxygen atoms in total. The molecule has 1 aromatic carbocycles. The molecule has 2 aromatic heterocycles. The van der Waals surface area contributed by atoms with Gasteiger partial charge in [0, 0.05) is 6.07 Å². The Morgan fingerprint density at radius 3 is 2.45 bits per heavy atom. The van der Waals surface area contributed by atoms with Crippen LogP contribution >= 0.6 is 11.6 Å². The highest BCUT2D eigenvalue weighted by Crippen LogP contribution is 2.39. The van der Waals surface area contributed by atoms with Gasteiger partial charge < -0.3 is 14.7 Å². The summed E-state index contributed by atoms with van der Waals surface area (Å²) in [6, 6.07) is 4.57. The number of nitrogens with two attached hydrogens (primary N) is 1. The SMILES string of the molecule is Nc1onc(-c2ccoc2Cl)c1-c1cc(F)cc(F)c1. The quantitative estimate of drug-likeness (QED) is 0.772. The Balaban J connectivity index is 2.24. The molecule has 0 unspecified atom stereocenters. The van der Waals surface area contributed by atoms with Gasteiger partial charge in [-0.25, -0.2) is 8.78 Å². The zero-order valence-electron chi connectivity index (χ0n) is 9.86. The van der Waals surface area contributed by atoms with Crippen molar-refractivity contribution in [2.75, 3.05) is 5.73 Å². The van der Waals surface area contributed by atoms with E-state index in [4.69, 9.17) is 26.3 Å². The lowest BCUT2D eigenvalue weighted by molar-refractivity contribution is 0.439. The number of halogens is 3. The van der Waals surface area contributed by atoms with Crippen molar-refractivity contribution in [3.8, 4) is 22.4 Å². The van der Waals surface area contributed by atoms with Gasteiger partial charge in [0.25, 0.3) is 0 Å². The van der Waals surface area contributed by atoms with E-state index in [9.17, 15) is 8.78 Å². The van der Waals surface area contributed by atoms with Gasteiger partial charge in [0.2, 0.25) is 11.1 Å². The minimum atomic E-state index is -0.732. The van der Waals surface area contributed by atoms with E-state index in [-0.39, 0.29) is 27.9 Å². The predicted molar refractivity (Wildman–Crippen MR) is 69.0 cm³/mol. The van der Waals surface area contributed by atoms with Gasteiger partial charge in [0.1, 0.15) is 17.3 Å². The van der Waals surface area contributed by atoms with Gasteiger partial charge in [0.15, 0.2) is 0 Å². The molecule has 102 valence electrons. The smallest absolute Gasteiger partial charge is 0.230 e. The molecule has 0 bridgehead atoms. The van der Waals surface area contributed by atoms with Gasteiger partial charge >= 0.3 is 0 Å². The fraction of sp³-hybridized carbons (Fsp3) is 0. The highest BCUT2D eigenvalue weighted by atomic mass is 35.5. The number of hydrogen-bond acceptors (Lipinski definition) is 4. The summed E-state index contributed by atoms with van der Waals surface area (Å²) >= 11 is 5.87. The number of hydrogen-bond donors (Lipinski definition) is 1. The van der Waals surface area contributed by atoms with Crippen molar-refractivity contribution in [1.29, 1.82) is 0 Å². The van der Waals surface area contributed by atoms with Crippen LogP contribution in [0.15, 0.2) is 39.5 Å². The molecule has 0 amide bonds. The summed E-state index contributed by atoms with van der Waals surface area (Å²) in [4.78, 5) is 0. The van der Waals surface area contributed by atoms with Gasteiger partial charge in [-0.3, -0.25) is 0 Å². The summed E-state index contributed by atoms with van der Waals surface area (Å²) in [5.41, 5.74) is 6.82. The molecule has 0 aliphatic heterocycles. The molecule has 7 heteroatoms. The summed E-state index contributed by atoms with van der Waals surface area (Å²) in [6.45, 7) is 0. The molecular weight excluding hydrogens is 290 g/mol. The first-order valence-electron chi connectivity index (χ1n) is 5.51. The number of nitrogen functional groups attached to an aromatic ring is 1. The lowest BCUT2D eigenvalue weighted by atomic mass is 10.0. The third-order valence-corrected chi connectivity index (χ3v) is 3.04. The van der Waals surface area contributed by atoms with Crippen LogP contribution in [0.4, 0.5) is 14.7 Å². The van der Waals surface area contributed by atoms with E-state index < -0.39 is 11.6 Å². The van der Waals surface area contributed by atoms with E-state index in [1.165, 1.54) is 6.26 Å². The molecule has 0 atom stereocenters. The Kier molecular flexibility index (Phi) is 2.94. The first-order chi connectivity index (χ1) is 9.56. The van der Waals surface area contributed by atoms with E-state index in [1.807, 2.05) is 0 Å². The number of aromatic nitrogens is 1. The van der Waals surface area contributed by atoms with Crippen LogP contribution in [0.5, 0.6) is 0 Å². The van der Waals surface area contributed by atoms with Crippen molar-refractivity contribution < 1.29 is 17.7 Å². The summed E-state index contributed by atoms with van der Waals surface area (Å²) in [6.07, 6.45) is 1.36. The number of rotatable bonds is 2. The second-order valence-electron chi connectivity index (χ2n) is 4.04. The Morgan fingerprint density at radius 1 is 1.15 bits per heavy atom. The topological polar surface area (TPSA) is 65.2 Å². The third kappa shape index (κ3) is 2.04. The first kappa shape index (κ1) is 12.7. The van der Waals surface area contributed by atoms with Crippen LogP contribution in [-0.2, 0) is 0 Å². The maximum atomic E-state index is 13.3. The van der Waals surface area contributed by atoms with Crippen LogP contribution in [0.2, 0.25) is 5.22 Å². The largest absolute Gasteiger partial charge is 0.452 e. The van der Waals surface area contributed by atoms with Crippen molar-refractivity contribution in [2.45, 2.75) is 0 Å². The molecule has 2 heterocycles. The summed E-state index contributed by atoms with van der Waals surface area (Å²) in [5, 5.41) is 3.85. The molecule has 3 aromatic rings. The Hall–Kier alpha value is -2.34. The van der Waals surface area contributed by atoms with E-state index in [1.54, 1.807) is 6.07 Å². The number of furan rings is 1. The van der Waals surface area contributed by atoms with Gasteiger partial charge in [-0.2, -0.15) is 0 Å². The van der Waals surface area contributed by atoms with Crippen molar-refractivity contribution in [2.24, 2.45) is 0 Å². The van der Waals surface area contributed by atoms with Crippen LogP contribution in [0.25, 0.3) is 22.4 Å². The predicted octanol–water partition coefficient (Wildman–Crippen LogP) is 4.12. The second kappa shape index (κ2) is 4.64. The van der Waals surface area contributed by atoms with Crippen molar-refractivity contribution in [1.82, 2.24) is 5.16 Å². The number of benzene rings is 1. The fourth-order valence-corrected chi connectivity index (χ4v) is 2.13. The average Bonchev–Trinajstić information content (AvgIpc) is 2.93. The molecule has 0 spiro atoms. The molecule has 0 aliphatic rings. The van der Waals surface area contributed by atoms with Crippen LogP contribution in [0.3, 0.4) is 0 Å². The second-order valence-corrected chi connectivity index (χ2v) is 4.38. The first-order valence-corrected chi connectivity index (χ1v) is 5.89. The average molecular weight is 297 g/mol. The standard InChI is InChI=1S/C13H7ClF2N2O2/c14-12-9(1-2-19-12)11-10(13(17)20-18-11)6-3-7(15)5-8(16)4-6/h1-5H,17H2. The molecule has 0 fully saturated rings. The zero-order chi connectivity index (χ0) is 14.3. The molecule has 0 aliphatic carbocycles. The summed E-state index contributed by atoms with van der Waals surface area (Å²) in [7, 11) is 0. The molecule has 0 saturated carbocycles. The molecule has 0 saturated heterocycles. The van der Waals surface area contributed by atoms with Crippen molar-refractivity contribution >= 4 is 17.5 Å². The van der Waals surface area contributed by atoms with E-state index >= 15 is 0 Å². The molecule has 2 N–H and O–H groups in total. The van der Waals surface area contributed by atoms with Gasteiger partial charge in [0.05, 0.1) is 17.4 Å². The van der Waals surface area contributed by atoms with E-state index in [0.717, 1.165) is 18.2 Å². The fourth-order valence-electron chi connectivity index (χ4n) is 1.93. The monoisotopic (exact) mass is 296 g/mol. The normalized spacial score (nSPS) is 10.9. The van der Waals surface area contributed by atoms with Crippen molar-refractivity contribution in [3.05, 3.63) is 47.4 Å². The summed E-state index contributed by atoms with van der Waals surface area (Å²) in [5.74, 6) is -1.53. The molecular formula is C13H7ClF2N2O2. The maximum Gasteiger partial charge on any atom is 0.230 e. The molecule has 20 heavy (non-hydrogen) atoms.